The Balaban J connectivity index is 1.47. The van der Waals surface area contributed by atoms with Crippen molar-refractivity contribution >= 4 is 61.4 Å². The quantitative estimate of drug-likeness (QED) is 0.225. The molecule has 1 aliphatic carbocycles. The van der Waals surface area contributed by atoms with Crippen LogP contribution in [0.3, 0.4) is 0 Å². The number of rotatable bonds is 3. The molecule has 0 spiro atoms. The number of allylic oxidation sites excluding steroid dienone is 2. The van der Waals surface area contributed by atoms with Crippen LogP contribution in [0.15, 0.2) is 115 Å². The normalized spacial score (nSPS) is 14.0. The second-order valence-electron chi connectivity index (χ2n) is 8.60. The number of nitrogens with zero attached hydrogens (tertiary/aromatic N) is 1. The molecule has 4 aromatic carbocycles. The van der Waals surface area contributed by atoms with Gasteiger partial charge < -0.3 is 10.1 Å². The summed E-state index contributed by atoms with van der Waals surface area (Å²) in [7, 11) is 2.27. The summed E-state index contributed by atoms with van der Waals surface area (Å²) in [5.41, 5.74) is 11.5. The van der Waals surface area contributed by atoms with Gasteiger partial charge in [0.05, 0.1) is 11.4 Å². The SMILES string of the molecule is [B]1c2ccccc2-c2ccccc2N1c1cc2c(cc1NC1=CCC=C=C1)sc1ccccc12. The van der Waals surface area contributed by atoms with Crippen LogP contribution in [0.2, 0.25) is 0 Å². The zero-order chi connectivity index (χ0) is 22.5. The van der Waals surface area contributed by atoms with Gasteiger partial charge in [-0.25, -0.2) is 0 Å². The van der Waals surface area contributed by atoms with E-state index in [0.717, 1.165) is 23.5 Å². The van der Waals surface area contributed by atoms with Crippen molar-refractivity contribution in [3.63, 3.8) is 0 Å². The van der Waals surface area contributed by atoms with E-state index in [1.165, 1.54) is 42.4 Å². The average Bonchev–Trinajstić information content (AvgIpc) is 3.26. The molecule has 0 amide bonds. The highest BCUT2D eigenvalue weighted by Gasteiger charge is 2.26. The molecule has 1 aliphatic heterocycles. The molecule has 159 valence electrons. The maximum atomic E-state index is 3.71. The third-order valence-electron chi connectivity index (χ3n) is 6.53. The maximum absolute atomic E-state index is 3.71. The Morgan fingerprint density at radius 2 is 1.62 bits per heavy atom. The lowest BCUT2D eigenvalue weighted by Crippen LogP contribution is -2.37. The minimum Gasteiger partial charge on any atom is -0.383 e. The largest absolute Gasteiger partial charge is 0.383 e. The van der Waals surface area contributed by atoms with Gasteiger partial charge in [0.2, 0.25) is 0 Å². The summed E-state index contributed by atoms with van der Waals surface area (Å²) in [6.07, 6.45) is 7.17. The Morgan fingerprint density at radius 3 is 2.53 bits per heavy atom. The molecule has 0 fully saturated rings. The monoisotopic (exact) mass is 451 g/mol. The highest BCUT2D eigenvalue weighted by atomic mass is 32.1. The number of fused-ring (bicyclic) bond motifs is 6. The molecule has 0 atom stereocenters. The minimum atomic E-state index is 0.894. The van der Waals surface area contributed by atoms with E-state index in [2.05, 4.69) is 114 Å². The summed E-state index contributed by atoms with van der Waals surface area (Å²) in [6, 6.07) is 30.6. The molecule has 1 aromatic heterocycles. The van der Waals surface area contributed by atoms with Crippen LogP contribution in [-0.2, 0) is 0 Å². The van der Waals surface area contributed by atoms with E-state index in [-0.39, 0.29) is 0 Å². The molecule has 0 saturated heterocycles. The van der Waals surface area contributed by atoms with Crippen molar-refractivity contribution in [1.82, 2.24) is 0 Å². The summed E-state index contributed by atoms with van der Waals surface area (Å²) in [4.78, 5) is 2.34. The van der Waals surface area contributed by atoms with E-state index >= 15 is 0 Å². The summed E-state index contributed by atoms with van der Waals surface area (Å²) >= 11 is 1.85. The molecule has 34 heavy (non-hydrogen) atoms. The molecule has 2 nitrogen and oxygen atoms in total. The van der Waals surface area contributed by atoms with Gasteiger partial charge in [-0.2, -0.15) is 0 Å². The fraction of sp³-hybridized carbons (Fsp3) is 0.0333. The fourth-order valence-electron chi connectivity index (χ4n) is 4.94. The highest BCUT2D eigenvalue weighted by molar-refractivity contribution is 7.25. The van der Waals surface area contributed by atoms with Crippen molar-refractivity contribution in [2.45, 2.75) is 6.42 Å². The van der Waals surface area contributed by atoms with Crippen molar-refractivity contribution in [1.29, 1.82) is 0 Å². The van der Waals surface area contributed by atoms with E-state index in [1.54, 1.807) is 0 Å². The predicted octanol–water partition coefficient (Wildman–Crippen LogP) is 7.53. The molecular weight excluding hydrogens is 431 g/mol. The van der Waals surface area contributed by atoms with Gasteiger partial charge in [-0.05, 0) is 42.3 Å². The number of hydrogen-bond acceptors (Lipinski definition) is 3. The van der Waals surface area contributed by atoms with E-state index in [4.69, 9.17) is 0 Å². The Kier molecular flexibility index (Phi) is 4.48. The van der Waals surface area contributed by atoms with Crippen LogP contribution in [0.1, 0.15) is 6.42 Å². The Hall–Kier alpha value is -3.98. The third-order valence-corrected chi connectivity index (χ3v) is 7.66. The zero-order valence-electron chi connectivity index (χ0n) is 18.5. The van der Waals surface area contributed by atoms with Crippen LogP contribution in [0.4, 0.5) is 17.1 Å². The van der Waals surface area contributed by atoms with Crippen molar-refractivity contribution in [3.05, 3.63) is 115 Å². The van der Waals surface area contributed by atoms with Crippen molar-refractivity contribution < 1.29 is 0 Å². The third kappa shape index (κ3) is 3.12. The first-order valence-electron chi connectivity index (χ1n) is 11.5. The lowest BCUT2D eigenvalue weighted by molar-refractivity contribution is 1.30. The minimum absolute atomic E-state index is 0.894. The molecule has 0 saturated carbocycles. The molecule has 1 N–H and O–H groups in total. The summed E-state index contributed by atoms with van der Waals surface area (Å²) in [6.45, 7) is 0. The van der Waals surface area contributed by atoms with Gasteiger partial charge in [0.1, 0.15) is 0 Å². The second kappa shape index (κ2) is 7.81. The maximum Gasteiger partial charge on any atom is 0.291 e. The van der Waals surface area contributed by atoms with Crippen LogP contribution in [0.5, 0.6) is 0 Å². The standard InChI is InChI=1S/C30H20BN2S/c1-2-10-20(11-3-1)32-26-19-30-24(23-14-6-9-17-29(23)34-30)18-28(26)33-27-16-8-5-13-22(27)21-12-4-7-15-25(21)31-33/h1,4-19,32H,2H2. The smallest absolute Gasteiger partial charge is 0.291 e. The van der Waals surface area contributed by atoms with Gasteiger partial charge >= 0.3 is 0 Å². The van der Waals surface area contributed by atoms with Crippen LogP contribution >= 0.6 is 11.3 Å². The van der Waals surface area contributed by atoms with Crippen molar-refractivity contribution in [2.75, 3.05) is 10.1 Å². The molecule has 2 aliphatic rings. The topological polar surface area (TPSA) is 15.3 Å². The van der Waals surface area contributed by atoms with E-state index in [1.807, 2.05) is 23.5 Å². The number of nitrogens with one attached hydrogen (secondary N) is 1. The van der Waals surface area contributed by atoms with Gasteiger partial charge in [-0.3, -0.25) is 0 Å². The van der Waals surface area contributed by atoms with Crippen molar-refractivity contribution in [3.8, 4) is 11.1 Å². The molecular formula is C30H20BN2S. The van der Waals surface area contributed by atoms with Crippen molar-refractivity contribution in [2.24, 2.45) is 0 Å². The summed E-state index contributed by atoms with van der Waals surface area (Å²) in [5.74, 6) is 0. The van der Waals surface area contributed by atoms with Crippen LogP contribution in [0, 0.1) is 0 Å². The number of para-hydroxylation sites is 1. The van der Waals surface area contributed by atoms with Crippen LogP contribution in [0.25, 0.3) is 31.3 Å². The Bertz CT molecular complexity index is 1690. The average molecular weight is 451 g/mol. The predicted molar refractivity (Wildman–Crippen MR) is 148 cm³/mol. The molecule has 5 aromatic rings. The molecule has 1 radical (unpaired) electrons. The molecule has 0 unspecified atom stereocenters. The molecule has 2 heterocycles. The van der Waals surface area contributed by atoms with Crippen LogP contribution in [-0.4, -0.2) is 7.41 Å². The van der Waals surface area contributed by atoms with Gasteiger partial charge in [0.15, 0.2) is 0 Å². The van der Waals surface area contributed by atoms with Crippen LogP contribution < -0.4 is 15.6 Å². The second-order valence-corrected chi connectivity index (χ2v) is 9.69. The van der Waals surface area contributed by atoms with E-state index in [0.29, 0.717) is 0 Å². The Labute approximate surface area is 203 Å². The molecule has 7 rings (SSSR count). The molecule has 4 heteroatoms. The van der Waals surface area contributed by atoms with Gasteiger partial charge in [0.25, 0.3) is 7.41 Å². The zero-order valence-corrected chi connectivity index (χ0v) is 19.3. The summed E-state index contributed by atoms with van der Waals surface area (Å²) in [5, 5.41) is 6.30. The number of hydrogen-bond donors (Lipinski definition) is 1. The number of benzene rings is 4. The summed E-state index contributed by atoms with van der Waals surface area (Å²) < 4.78 is 2.60. The number of thiophene rings is 1. The lowest BCUT2D eigenvalue weighted by atomic mass is 9.71. The van der Waals surface area contributed by atoms with Gasteiger partial charge in [-0.1, -0.05) is 72.2 Å². The fourth-order valence-corrected chi connectivity index (χ4v) is 6.06. The van der Waals surface area contributed by atoms with E-state index < -0.39 is 0 Å². The first kappa shape index (κ1) is 19.5. The van der Waals surface area contributed by atoms with Gasteiger partial charge in [0, 0.05) is 43.2 Å². The number of anilines is 3. The first-order chi connectivity index (χ1) is 16.8. The molecule has 0 bridgehead atoms. The van der Waals surface area contributed by atoms with Gasteiger partial charge in [-0.15, -0.1) is 17.1 Å². The Morgan fingerprint density at radius 1 is 0.794 bits per heavy atom. The van der Waals surface area contributed by atoms with E-state index in [9.17, 15) is 0 Å². The lowest BCUT2D eigenvalue weighted by Gasteiger charge is -2.34. The highest BCUT2D eigenvalue weighted by Crippen LogP contribution is 2.45. The first-order valence-corrected chi connectivity index (χ1v) is 12.3.